The third-order valence-corrected chi connectivity index (χ3v) is 2.22. The number of carbonyl (C=O) groups is 1. The van der Waals surface area contributed by atoms with Crippen molar-refractivity contribution in [3.63, 3.8) is 0 Å². The van der Waals surface area contributed by atoms with Crippen molar-refractivity contribution >= 4 is 16.8 Å². The Hall–Kier alpha value is -1.68. The SMILES string of the molecule is O=C(Cl)CCc1nc(-c2ccccc2)no1. The highest BCUT2D eigenvalue weighted by molar-refractivity contribution is 6.63. The van der Waals surface area contributed by atoms with Crippen LogP contribution in [0.15, 0.2) is 34.9 Å². The second-order valence-corrected chi connectivity index (χ2v) is 3.65. The molecule has 5 heteroatoms. The molecule has 0 aliphatic heterocycles. The normalized spacial score (nSPS) is 10.3. The molecule has 0 N–H and O–H groups in total. The number of hydrogen-bond acceptors (Lipinski definition) is 4. The fraction of sp³-hybridized carbons (Fsp3) is 0.182. The van der Waals surface area contributed by atoms with E-state index in [2.05, 4.69) is 10.1 Å². The highest BCUT2D eigenvalue weighted by Gasteiger charge is 2.08. The third-order valence-electron chi connectivity index (χ3n) is 2.04. The molecule has 1 aromatic carbocycles. The Labute approximate surface area is 97.2 Å². The van der Waals surface area contributed by atoms with Crippen LogP contribution in [0, 0.1) is 0 Å². The lowest BCUT2D eigenvalue weighted by Gasteiger charge is -1.90. The average molecular weight is 237 g/mol. The van der Waals surface area contributed by atoms with E-state index in [1.54, 1.807) is 0 Å². The Morgan fingerprint density at radius 1 is 1.31 bits per heavy atom. The Morgan fingerprint density at radius 3 is 2.75 bits per heavy atom. The van der Waals surface area contributed by atoms with E-state index in [4.69, 9.17) is 16.1 Å². The van der Waals surface area contributed by atoms with Gasteiger partial charge in [-0.25, -0.2) is 0 Å². The molecule has 0 spiro atoms. The quantitative estimate of drug-likeness (QED) is 0.765. The molecule has 0 saturated heterocycles. The molecule has 0 saturated carbocycles. The number of rotatable bonds is 4. The molecule has 1 heterocycles. The van der Waals surface area contributed by atoms with Gasteiger partial charge in [0, 0.05) is 18.4 Å². The minimum atomic E-state index is -0.403. The largest absolute Gasteiger partial charge is 0.339 e. The van der Waals surface area contributed by atoms with Crippen molar-refractivity contribution in [2.24, 2.45) is 0 Å². The van der Waals surface area contributed by atoms with Crippen molar-refractivity contribution < 1.29 is 9.32 Å². The zero-order chi connectivity index (χ0) is 11.4. The summed E-state index contributed by atoms with van der Waals surface area (Å²) in [6, 6.07) is 9.49. The van der Waals surface area contributed by atoms with Gasteiger partial charge >= 0.3 is 0 Å². The van der Waals surface area contributed by atoms with Crippen LogP contribution in [-0.2, 0) is 11.2 Å². The highest BCUT2D eigenvalue weighted by atomic mass is 35.5. The first kappa shape index (κ1) is 10.8. The molecule has 4 nitrogen and oxygen atoms in total. The number of hydrogen-bond donors (Lipinski definition) is 0. The van der Waals surface area contributed by atoms with Crippen LogP contribution in [0.1, 0.15) is 12.3 Å². The lowest BCUT2D eigenvalue weighted by Crippen LogP contribution is -1.91. The summed E-state index contributed by atoms with van der Waals surface area (Å²) < 4.78 is 5.00. The van der Waals surface area contributed by atoms with Crippen LogP contribution in [0.3, 0.4) is 0 Å². The smallest absolute Gasteiger partial charge is 0.227 e. The van der Waals surface area contributed by atoms with Crippen molar-refractivity contribution in [3.8, 4) is 11.4 Å². The van der Waals surface area contributed by atoms with Gasteiger partial charge in [0.25, 0.3) is 0 Å². The molecule has 0 atom stereocenters. The highest BCUT2D eigenvalue weighted by Crippen LogP contribution is 2.15. The van der Waals surface area contributed by atoms with Gasteiger partial charge in [-0.05, 0) is 11.6 Å². The molecule has 0 radical (unpaired) electrons. The van der Waals surface area contributed by atoms with E-state index in [1.165, 1.54) is 0 Å². The van der Waals surface area contributed by atoms with Crippen molar-refractivity contribution in [1.29, 1.82) is 0 Å². The molecule has 2 aromatic rings. The van der Waals surface area contributed by atoms with Crippen molar-refractivity contribution in [3.05, 3.63) is 36.2 Å². The molecule has 0 bridgehead atoms. The van der Waals surface area contributed by atoms with Crippen LogP contribution in [0.4, 0.5) is 0 Å². The number of nitrogens with zero attached hydrogens (tertiary/aromatic N) is 2. The van der Waals surface area contributed by atoms with E-state index in [1.807, 2.05) is 30.3 Å². The molecular formula is C11H9ClN2O2. The Morgan fingerprint density at radius 2 is 2.06 bits per heavy atom. The van der Waals surface area contributed by atoms with E-state index in [9.17, 15) is 4.79 Å². The number of carbonyl (C=O) groups excluding carboxylic acids is 1. The van der Waals surface area contributed by atoms with Gasteiger partial charge in [-0.2, -0.15) is 4.98 Å². The van der Waals surface area contributed by atoms with Gasteiger partial charge in [0.1, 0.15) is 0 Å². The Kier molecular flexibility index (Phi) is 3.31. The topological polar surface area (TPSA) is 56.0 Å². The maximum Gasteiger partial charge on any atom is 0.227 e. The zero-order valence-corrected chi connectivity index (χ0v) is 9.15. The minimum Gasteiger partial charge on any atom is -0.339 e. The zero-order valence-electron chi connectivity index (χ0n) is 8.39. The van der Waals surface area contributed by atoms with Crippen LogP contribution in [-0.4, -0.2) is 15.4 Å². The molecule has 0 fully saturated rings. The summed E-state index contributed by atoms with van der Waals surface area (Å²) >= 11 is 5.22. The van der Waals surface area contributed by atoms with Gasteiger partial charge in [0.15, 0.2) is 0 Å². The van der Waals surface area contributed by atoms with E-state index < -0.39 is 5.24 Å². The molecule has 0 aliphatic rings. The first-order valence-electron chi connectivity index (χ1n) is 4.82. The Bertz CT molecular complexity index is 482. The van der Waals surface area contributed by atoms with Crippen molar-refractivity contribution in [1.82, 2.24) is 10.1 Å². The second-order valence-electron chi connectivity index (χ2n) is 3.23. The predicted molar refractivity (Wildman–Crippen MR) is 58.9 cm³/mol. The summed E-state index contributed by atoms with van der Waals surface area (Å²) in [5.41, 5.74) is 0.884. The molecule has 0 aliphatic carbocycles. The van der Waals surface area contributed by atoms with Crippen LogP contribution in [0.25, 0.3) is 11.4 Å². The lowest BCUT2D eigenvalue weighted by molar-refractivity contribution is -0.111. The van der Waals surface area contributed by atoms with E-state index in [0.717, 1.165) is 5.56 Å². The van der Waals surface area contributed by atoms with Crippen LogP contribution in [0.2, 0.25) is 0 Å². The first-order valence-corrected chi connectivity index (χ1v) is 5.20. The summed E-state index contributed by atoms with van der Waals surface area (Å²) in [5.74, 6) is 0.950. The molecule has 0 unspecified atom stereocenters. The monoisotopic (exact) mass is 236 g/mol. The maximum absolute atomic E-state index is 10.6. The van der Waals surface area contributed by atoms with E-state index in [0.29, 0.717) is 18.1 Å². The predicted octanol–water partition coefficient (Wildman–Crippen LogP) is 2.43. The summed E-state index contributed by atoms with van der Waals surface area (Å²) in [4.78, 5) is 14.7. The molecule has 0 amide bonds. The molecule has 2 rings (SSSR count). The van der Waals surface area contributed by atoms with Gasteiger partial charge < -0.3 is 4.52 Å². The standard InChI is InChI=1S/C11H9ClN2O2/c12-9(15)6-7-10-13-11(14-16-10)8-4-2-1-3-5-8/h1-5H,6-7H2. The first-order chi connectivity index (χ1) is 7.75. The van der Waals surface area contributed by atoms with Crippen LogP contribution < -0.4 is 0 Å². The summed E-state index contributed by atoms with van der Waals surface area (Å²) in [5, 5.41) is 3.42. The number of aryl methyl sites for hydroxylation is 1. The molecular weight excluding hydrogens is 228 g/mol. The summed E-state index contributed by atoms with van der Waals surface area (Å²) in [6.07, 6.45) is 0.583. The van der Waals surface area contributed by atoms with Crippen LogP contribution >= 0.6 is 11.6 Å². The van der Waals surface area contributed by atoms with Crippen LogP contribution in [0.5, 0.6) is 0 Å². The van der Waals surface area contributed by atoms with Gasteiger partial charge in [0.05, 0.1) is 0 Å². The van der Waals surface area contributed by atoms with Crippen molar-refractivity contribution in [2.75, 3.05) is 0 Å². The number of halogens is 1. The van der Waals surface area contributed by atoms with Gasteiger partial charge in [-0.1, -0.05) is 35.5 Å². The van der Waals surface area contributed by atoms with E-state index >= 15 is 0 Å². The Balaban J connectivity index is 2.11. The average Bonchev–Trinajstić information content (AvgIpc) is 2.76. The van der Waals surface area contributed by atoms with Crippen molar-refractivity contribution in [2.45, 2.75) is 12.8 Å². The lowest BCUT2D eigenvalue weighted by atomic mass is 10.2. The molecule has 16 heavy (non-hydrogen) atoms. The van der Waals surface area contributed by atoms with Gasteiger partial charge in [0.2, 0.25) is 17.0 Å². The number of benzene rings is 1. The van der Waals surface area contributed by atoms with Gasteiger partial charge in [-0.15, -0.1) is 0 Å². The fourth-order valence-corrected chi connectivity index (χ4v) is 1.36. The fourth-order valence-electron chi connectivity index (χ4n) is 1.27. The summed E-state index contributed by atoms with van der Waals surface area (Å²) in [7, 11) is 0. The third kappa shape index (κ3) is 2.67. The molecule has 82 valence electrons. The minimum absolute atomic E-state index is 0.206. The summed E-state index contributed by atoms with van der Waals surface area (Å²) in [6.45, 7) is 0. The maximum atomic E-state index is 10.6. The second kappa shape index (κ2) is 4.90. The molecule has 1 aromatic heterocycles. The van der Waals surface area contributed by atoms with E-state index in [-0.39, 0.29) is 6.42 Å². The number of aromatic nitrogens is 2. The van der Waals surface area contributed by atoms with Gasteiger partial charge in [-0.3, -0.25) is 4.79 Å².